The fraction of sp³-hybridized carbons (Fsp3) is 0.263. The molecular formula is C19H21NO5. The average molecular weight is 343 g/mol. The zero-order chi connectivity index (χ0) is 18.1. The number of hydrogen-bond acceptors (Lipinski definition) is 4. The molecule has 1 amide bonds. The van der Waals surface area contributed by atoms with Crippen molar-refractivity contribution in [3.63, 3.8) is 0 Å². The van der Waals surface area contributed by atoms with Crippen LogP contribution in [0.1, 0.15) is 15.9 Å². The van der Waals surface area contributed by atoms with E-state index in [9.17, 15) is 9.59 Å². The van der Waals surface area contributed by atoms with Crippen LogP contribution in [0, 0.1) is 0 Å². The molecule has 2 rings (SSSR count). The zero-order valence-corrected chi connectivity index (χ0v) is 14.1. The monoisotopic (exact) mass is 343 g/mol. The molecule has 6 heteroatoms. The Balaban J connectivity index is 1.99. The maximum absolute atomic E-state index is 12.4. The van der Waals surface area contributed by atoms with Gasteiger partial charge in [-0.3, -0.25) is 9.59 Å². The third-order valence-electron chi connectivity index (χ3n) is 3.53. The van der Waals surface area contributed by atoms with Crippen molar-refractivity contribution in [2.75, 3.05) is 26.8 Å². The van der Waals surface area contributed by atoms with Crippen LogP contribution in [0.2, 0.25) is 0 Å². The Labute approximate surface area is 146 Å². The first-order chi connectivity index (χ1) is 12.1. The van der Waals surface area contributed by atoms with Gasteiger partial charge in [-0.2, -0.15) is 0 Å². The van der Waals surface area contributed by atoms with E-state index < -0.39 is 5.97 Å². The van der Waals surface area contributed by atoms with Crippen LogP contribution < -0.4 is 4.74 Å². The van der Waals surface area contributed by atoms with Gasteiger partial charge in [0, 0.05) is 19.2 Å². The van der Waals surface area contributed by atoms with Gasteiger partial charge in [0.05, 0.1) is 6.61 Å². The third kappa shape index (κ3) is 5.93. The molecule has 0 heterocycles. The summed E-state index contributed by atoms with van der Waals surface area (Å²) in [6.45, 7) is 0.562. The first-order valence-corrected chi connectivity index (χ1v) is 7.87. The molecule has 0 aromatic heterocycles. The lowest BCUT2D eigenvalue weighted by atomic mass is 10.2. The van der Waals surface area contributed by atoms with Crippen molar-refractivity contribution in [2.24, 2.45) is 0 Å². The summed E-state index contributed by atoms with van der Waals surface area (Å²) >= 11 is 0. The summed E-state index contributed by atoms with van der Waals surface area (Å²) in [5.41, 5.74) is 1.46. The van der Waals surface area contributed by atoms with Crippen LogP contribution in [0.3, 0.4) is 0 Å². The van der Waals surface area contributed by atoms with E-state index in [1.54, 1.807) is 24.3 Å². The van der Waals surface area contributed by atoms with Crippen LogP contribution in [0.15, 0.2) is 54.6 Å². The largest absolute Gasteiger partial charge is 0.489 e. The number of rotatable bonds is 9. The average Bonchev–Trinajstić information content (AvgIpc) is 2.64. The molecule has 0 aliphatic carbocycles. The van der Waals surface area contributed by atoms with E-state index in [-0.39, 0.29) is 25.6 Å². The number of amides is 1. The summed E-state index contributed by atoms with van der Waals surface area (Å²) in [5, 5.41) is 8.95. The van der Waals surface area contributed by atoms with Gasteiger partial charge in [0.2, 0.25) is 0 Å². The highest BCUT2D eigenvalue weighted by molar-refractivity contribution is 5.95. The molecular weight excluding hydrogens is 322 g/mol. The fourth-order valence-electron chi connectivity index (χ4n) is 2.23. The Morgan fingerprint density at radius 2 is 1.72 bits per heavy atom. The number of carbonyl (C=O) groups is 2. The van der Waals surface area contributed by atoms with Crippen molar-refractivity contribution in [1.82, 2.24) is 4.90 Å². The maximum atomic E-state index is 12.4. The first-order valence-electron chi connectivity index (χ1n) is 7.87. The summed E-state index contributed by atoms with van der Waals surface area (Å²) in [5.74, 6) is -0.775. The van der Waals surface area contributed by atoms with Gasteiger partial charge in [-0.05, 0) is 29.8 Å². The number of ether oxygens (including phenoxy) is 2. The normalized spacial score (nSPS) is 10.3. The number of hydrogen-bond donors (Lipinski definition) is 1. The van der Waals surface area contributed by atoms with E-state index in [4.69, 9.17) is 14.6 Å². The molecule has 132 valence electrons. The molecule has 0 bridgehead atoms. The first kappa shape index (κ1) is 18.5. The molecule has 2 aromatic rings. The van der Waals surface area contributed by atoms with Gasteiger partial charge < -0.3 is 19.5 Å². The lowest BCUT2D eigenvalue weighted by molar-refractivity contribution is -0.137. The molecule has 0 aliphatic heterocycles. The van der Waals surface area contributed by atoms with Crippen molar-refractivity contribution < 1.29 is 24.2 Å². The Bertz CT molecular complexity index is 685. The summed E-state index contributed by atoms with van der Waals surface area (Å²) in [6, 6.07) is 16.4. The van der Waals surface area contributed by atoms with E-state index in [1.807, 2.05) is 30.3 Å². The number of carbonyl (C=O) groups excluding carboxylic acids is 1. The van der Waals surface area contributed by atoms with Crippen LogP contribution in [0.25, 0.3) is 0 Å². The third-order valence-corrected chi connectivity index (χ3v) is 3.53. The van der Waals surface area contributed by atoms with Crippen LogP contribution >= 0.6 is 0 Å². The summed E-state index contributed by atoms with van der Waals surface area (Å²) < 4.78 is 10.6. The minimum atomic E-state index is -1.06. The fourth-order valence-corrected chi connectivity index (χ4v) is 2.23. The minimum Gasteiger partial charge on any atom is -0.489 e. The minimum absolute atomic E-state index is 0.216. The van der Waals surface area contributed by atoms with Crippen molar-refractivity contribution >= 4 is 11.9 Å². The van der Waals surface area contributed by atoms with Crippen LogP contribution in [-0.2, 0) is 16.1 Å². The molecule has 1 N–H and O–H groups in total. The van der Waals surface area contributed by atoms with Gasteiger partial charge in [-0.25, -0.2) is 0 Å². The smallest absolute Gasteiger partial charge is 0.323 e. The molecule has 2 aromatic carbocycles. The van der Waals surface area contributed by atoms with E-state index in [2.05, 4.69) is 0 Å². The molecule has 0 saturated carbocycles. The van der Waals surface area contributed by atoms with Crippen LogP contribution in [0.4, 0.5) is 0 Å². The predicted molar refractivity (Wildman–Crippen MR) is 92.6 cm³/mol. The Hall–Kier alpha value is -2.86. The summed E-state index contributed by atoms with van der Waals surface area (Å²) in [7, 11) is 1.50. The molecule has 0 unspecified atom stereocenters. The standard InChI is InChI=1S/C19H21NO5/c1-24-12-11-20(13-18(21)22)19(23)16-7-9-17(10-8-16)25-14-15-5-3-2-4-6-15/h2-10H,11-14H2,1H3,(H,21,22). The summed E-state index contributed by atoms with van der Waals surface area (Å²) in [4.78, 5) is 24.6. The van der Waals surface area contributed by atoms with Gasteiger partial charge >= 0.3 is 5.97 Å². The quantitative estimate of drug-likeness (QED) is 0.757. The number of nitrogens with zero attached hydrogens (tertiary/aromatic N) is 1. The van der Waals surface area contributed by atoms with Gasteiger partial charge in [0.1, 0.15) is 18.9 Å². The highest BCUT2D eigenvalue weighted by Crippen LogP contribution is 2.15. The van der Waals surface area contributed by atoms with Gasteiger partial charge in [-0.15, -0.1) is 0 Å². The second kappa shape index (κ2) is 9.44. The molecule has 0 fully saturated rings. The van der Waals surface area contributed by atoms with E-state index in [0.29, 0.717) is 17.9 Å². The molecule has 0 aliphatic rings. The van der Waals surface area contributed by atoms with Crippen molar-refractivity contribution in [2.45, 2.75) is 6.61 Å². The lowest BCUT2D eigenvalue weighted by Crippen LogP contribution is -2.37. The van der Waals surface area contributed by atoms with E-state index >= 15 is 0 Å². The molecule has 6 nitrogen and oxygen atoms in total. The SMILES string of the molecule is COCCN(CC(=O)O)C(=O)c1ccc(OCc2ccccc2)cc1. The zero-order valence-electron chi connectivity index (χ0n) is 14.1. The number of carboxylic acids is 1. The molecule has 0 radical (unpaired) electrons. The van der Waals surface area contributed by atoms with Gasteiger partial charge in [-0.1, -0.05) is 30.3 Å². The van der Waals surface area contributed by atoms with Gasteiger partial charge in [0.25, 0.3) is 5.91 Å². The number of benzene rings is 2. The number of aliphatic carboxylic acids is 1. The molecule has 0 saturated heterocycles. The Kier molecular flexibility index (Phi) is 6.98. The highest BCUT2D eigenvalue weighted by atomic mass is 16.5. The van der Waals surface area contributed by atoms with Crippen molar-refractivity contribution in [3.05, 3.63) is 65.7 Å². The van der Waals surface area contributed by atoms with Crippen molar-refractivity contribution in [1.29, 1.82) is 0 Å². The van der Waals surface area contributed by atoms with E-state index in [0.717, 1.165) is 5.56 Å². The van der Waals surface area contributed by atoms with E-state index in [1.165, 1.54) is 12.0 Å². The maximum Gasteiger partial charge on any atom is 0.323 e. The van der Waals surface area contributed by atoms with Crippen LogP contribution in [0.5, 0.6) is 5.75 Å². The molecule has 0 spiro atoms. The second-order valence-corrected chi connectivity index (χ2v) is 5.41. The molecule has 25 heavy (non-hydrogen) atoms. The Morgan fingerprint density at radius 1 is 1.04 bits per heavy atom. The second-order valence-electron chi connectivity index (χ2n) is 5.41. The van der Waals surface area contributed by atoms with Gasteiger partial charge in [0.15, 0.2) is 0 Å². The predicted octanol–water partition coefficient (Wildman–Crippen LogP) is 2.44. The topological polar surface area (TPSA) is 76.1 Å². The Morgan fingerprint density at radius 3 is 2.32 bits per heavy atom. The van der Waals surface area contributed by atoms with Crippen molar-refractivity contribution in [3.8, 4) is 5.75 Å². The lowest BCUT2D eigenvalue weighted by Gasteiger charge is -2.20. The number of carboxylic acid groups (broad SMARTS) is 1. The van der Waals surface area contributed by atoms with Crippen LogP contribution in [-0.4, -0.2) is 48.7 Å². The molecule has 0 atom stereocenters. The number of methoxy groups -OCH3 is 1. The highest BCUT2D eigenvalue weighted by Gasteiger charge is 2.18. The summed E-state index contributed by atoms with van der Waals surface area (Å²) in [6.07, 6.45) is 0.